The number of imide groups is 1. The van der Waals surface area contributed by atoms with Crippen molar-refractivity contribution in [2.45, 2.75) is 6.04 Å². The van der Waals surface area contributed by atoms with Crippen molar-refractivity contribution in [1.29, 1.82) is 0 Å². The Morgan fingerprint density at radius 3 is 2.69 bits per heavy atom. The van der Waals surface area contributed by atoms with E-state index in [1.54, 1.807) is 42.9 Å². The molecule has 1 aromatic rings. The summed E-state index contributed by atoms with van der Waals surface area (Å²) < 4.78 is 1.67. The number of amides is 4. The Morgan fingerprint density at radius 1 is 1.31 bits per heavy atom. The highest BCUT2D eigenvalue weighted by Gasteiger charge is 2.51. The number of hydrogen-bond donors (Lipinski definition) is 1. The number of carbonyl (C=O) groups is 3. The van der Waals surface area contributed by atoms with Crippen LogP contribution < -0.4 is 5.32 Å². The molecular weight excluding hydrogens is 378 g/mol. The van der Waals surface area contributed by atoms with Gasteiger partial charge in [-0.05, 0) is 23.9 Å². The molecule has 0 bridgehead atoms. The standard InChI is InChI=1S/C16H16ClN5O3S/c1-20-13-12(14(24)22(3)16(25)21(13)2)19-15(20)26-8-11(23)18-10-7-5-4-6-9(10)17/h4-7,12H,8H2,1-3H3/p+1. The van der Waals surface area contributed by atoms with Gasteiger partial charge in [0.05, 0.1) is 30.6 Å². The highest BCUT2D eigenvalue weighted by atomic mass is 35.5. The van der Waals surface area contributed by atoms with E-state index in [0.29, 0.717) is 21.7 Å². The molecule has 1 aromatic carbocycles. The lowest BCUT2D eigenvalue weighted by molar-refractivity contribution is -0.367. The molecule has 2 aliphatic heterocycles. The van der Waals surface area contributed by atoms with Crippen molar-refractivity contribution in [2.75, 3.05) is 32.2 Å². The van der Waals surface area contributed by atoms with E-state index in [0.717, 1.165) is 4.90 Å². The van der Waals surface area contributed by atoms with E-state index in [-0.39, 0.29) is 17.6 Å². The van der Waals surface area contributed by atoms with Gasteiger partial charge in [0.15, 0.2) is 0 Å². The third-order valence-electron chi connectivity index (χ3n) is 4.08. The molecule has 8 nitrogen and oxygen atoms in total. The number of benzene rings is 1. The first kappa shape index (κ1) is 18.4. The van der Waals surface area contributed by atoms with Crippen molar-refractivity contribution < 1.29 is 19.0 Å². The highest BCUT2D eigenvalue weighted by molar-refractivity contribution is 8.14. The summed E-state index contributed by atoms with van der Waals surface area (Å²) >= 11 is 7.21. The van der Waals surface area contributed by atoms with Gasteiger partial charge in [-0.1, -0.05) is 23.7 Å². The first-order chi connectivity index (χ1) is 12.3. The number of nitrogens with zero attached hydrogens (tertiary/aromatic N) is 4. The Labute approximate surface area is 159 Å². The molecule has 0 radical (unpaired) electrons. The zero-order chi connectivity index (χ0) is 19.0. The van der Waals surface area contributed by atoms with E-state index in [9.17, 15) is 14.4 Å². The average Bonchev–Trinajstić information content (AvgIpc) is 2.95. The summed E-state index contributed by atoms with van der Waals surface area (Å²) in [5, 5.41) is 3.69. The molecule has 0 aliphatic carbocycles. The van der Waals surface area contributed by atoms with Crippen LogP contribution in [0.1, 0.15) is 0 Å². The van der Waals surface area contributed by atoms with Crippen LogP contribution in [0.3, 0.4) is 0 Å². The van der Waals surface area contributed by atoms with Crippen LogP contribution in [0.2, 0.25) is 5.02 Å². The SMILES string of the molecule is CN1C(=O)C2N=C(SCC(=O)Nc3ccccc3Cl)[N+](C)=C2N(C)C1=O. The van der Waals surface area contributed by atoms with Gasteiger partial charge >= 0.3 is 6.03 Å². The molecule has 10 heteroatoms. The summed E-state index contributed by atoms with van der Waals surface area (Å²) in [7, 11) is 4.74. The van der Waals surface area contributed by atoms with E-state index in [1.165, 1.54) is 23.7 Å². The lowest BCUT2D eigenvalue weighted by Gasteiger charge is -2.27. The van der Waals surface area contributed by atoms with E-state index in [2.05, 4.69) is 10.3 Å². The molecule has 4 amide bonds. The molecule has 2 aliphatic rings. The number of rotatable bonds is 3. The first-order valence-electron chi connectivity index (χ1n) is 7.72. The zero-order valence-electron chi connectivity index (χ0n) is 14.4. The van der Waals surface area contributed by atoms with Gasteiger partial charge in [0.2, 0.25) is 5.91 Å². The van der Waals surface area contributed by atoms with Crippen LogP contribution in [0, 0.1) is 0 Å². The van der Waals surface area contributed by atoms with Crippen LogP contribution in [0.4, 0.5) is 10.5 Å². The van der Waals surface area contributed by atoms with Gasteiger partial charge < -0.3 is 5.32 Å². The number of fused-ring (bicyclic) bond motifs is 1. The molecule has 0 aromatic heterocycles. The fraction of sp³-hybridized carbons (Fsp3) is 0.312. The maximum Gasteiger partial charge on any atom is 0.388 e. The highest BCUT2D eigenvalue weighted by Crippen LogP contribution is 2.23. The maximum absolute atomic E-state index is 12.3. The number of thioether (sulfide) groups is 1. The first-order valence-corrected chi connectivity index (χ1v) is 9.08. The van der Waals surface area contributed by atoms with Crippen LogP contribution in [0.5, 0.6) is 0 Å². The topological polar surface area (TPSA) is 85.1 Å². The van der Waals surface area contributed by atoms with Crippen molar-refractivity contribution in [1.82, 2.24) is 9.80 Å². The van der Waals surface area contributed by atoms with Gasteiger partial charge in [0, 0.05) is 7.05 Å². The van der Waals surface area contributed by atoms with Gasteiger partial charge in [-0.25, -0.2) is 14.3 Å². The maximum atomic E-state index is 12.3. The Bertz CT molecular complexity index is 869. The van der Waals surface area contributed by atoms with Gasteiger partial charge in [0.25, 0.3) is 23.0 Å². The smallest absolute Gasteiger partial charge is 0.324 e. The molecule has 0 spiro atoms. The predicted octanol–water partition coefficient (Wildman–Crippen LogP) is 1.31. The third-order valence-corrected chi connectivity index (χ3v) is 5.45. The number of anilines is 1. The minimum atomic E-state index is -0.762. The van der Waals surface area contributed by atoms with E-state index < -0.39 is 12.1 Å². The second-order valence-corrected chi connectivity index (χ2v) is 7.14. The molecule has 136 valence electrons. The Kier molecular flexibility index (Phi) is 5.01. The van der Waals surface area contributed by atoms with Gasteiger partial charge in [-0.15, -0.1) is 4.99 Å². The molecule has 0 saturated carbocycles. The van der Waals surface area contributed by atoms with Crippen LogP contribution >= 0.6 is 23.4 Å². The van der Waals surface area contributed by atoms with Crippen molar-refractivity contribution >= 4 is 57.9 Å². The molecule has 1 N–H and O–H groups in total. The number of carbonyl (C=O) groups excluding carboxylic acids is 3. The van der Waals surface area contributed by atoms with E-state index in [4.69, 9.17) is 11.6 Å². The molecule has 2 heterocycles. The summed E-state index contributed by atoms with van der Waals surface area (Å²) in [5.74, 6) is -0.0408. The number of aliphatic imine (C=N–C) groups is 1. The molecule has 1 fully saturated rings. The van der Waals surface area contributed by atoms with Crippen LogP contribution in [0.25, 0.3) is 0 Å². The normalized spacial score (nSPS) is 19.7. The minimum absolute atomic E-state index is 0.0933. The second-order valence-electron chi connectivity index (χ2n) is 5.79. The number of urea groups is 1. The fourth-order valence-electron chi connectivity index (χ4n) is 2.72. The number of nitrogens with one attached hydrogen (secondary N) is 1. The van der Waals surface area contributed by atoms with E-state index in [1.807, 2.05) is 0 Å². The monoisotopic (exact) mass is 394 g/mol. The summed E-state index contributed by atoms with van der Waals surface area (Å²) in [5.41, 5.74) is 0.534. The minimum Gasteiger partial charge on any atom is -0.324 e. The lowest BCUT2D eigenvalue weighted by atomic mass is 10.2. The van der Waals surface area contributed by atoms with Crippen LogP contribution in [-0.4, -0.2) is 76.2 Å². The van der Waals surface area contributed by atoms with Crippen LogP contribution in [-0.2, 0) is 9.59 Å². The summed E-state index contributed by atoms with van der Waals surface area (Å²) in [6.07, 6.45) is 0. The molecule has 1 atom stereocenters. The molecule has 1 unspecified atom stereocenters. The van der Waals surface area contributed by atoms with E-state index >= 15 is 0 Å². The Morgan fingerprint density at radius 2 is 2.00 bits per heavy atom. The van der Waals surface area contributed by atoms with Crippen LogP contribution in [0.15, 0.2) is 29.3 Å². The molecule has 3 rings (SSSR count). The number of halogens is 1. The zero-order valence-corrected chi connectivity index (χ0v) is 16.0. The fourth-order valence-corrected chi connectivity index (χ4v) is 3.71. The molecular formula is C16H17ClN5O3S+. The second kappa shape index (κ2) is 7.08. The summed E-state index contributed by atoms with van der Waals surface area (Å²) in [4.78, 5) is 43.4. The summed E-state index contributed by atoms with van der Waals surface area (Å²) in [6, 6.07) is 5.78. The quantitative estimate of drug-likeness (QED) is 0.783. The van der Waals surface area contributed by atoms with Crippen molar-refractivity contribution in [2.24, 2.45) is 4.99 Å². The Balaban J connectivity index is 1.70. The van der Waals surface area contributed by atoms with Gasteiger partial charge in [-0.2, -0.15) is 0 Å². The predicted molar refractivity (Wildman–Crippen MR) is 101 cm³/mol. The summed E-state index contributed by atoms with van der Waals surface area (Å²) in [6.45, 7) is 0. The van der Waals surface area contributed by atoms with Crippen molar-refractivity contribution in [3.8, 4) is 0 Å². The average molecular weight is 395 g/mol. The van der Waals surface area contributed by atoms with Gasteiger partial charge in [0.1, 0.15) is 0 Å². The van der Waals surface area contributed by atoms with Crippen molar-refractivity contribution in [3.63, 3.8) is 0 Å². The van der Waals surface area contributed by atoms with Crippen molar-refractivity contribution in [3.05, 3.63) is 29.3 Å². The Hall–Kier alpha value is -2.39. The number of hydrogen-bond acceptors (Lipinski definition) is 5. The molecule has 26 heavy (non-hydrogen) atoms. The van der Waals surface area contributed by atoms with Gasteiger partial charge in [-0.3, -0.25) is 14.5 Å². The number of likely N-dealkylation sites (N-methyl/N-ethyl adjacent to an activating group) is 2. The third kappa shape index (κ3) is 3.19. The molecule has 1 saturated heterocycles. The number of para-hydroxylation sites is 1. The number of amidine groups is 2. The largest absolute Gasteiger partial charge is 0.388 e. The lowest BCUT2D eigenvalue weighted by Crippen LogP contribution is -2.59.